The highest BCUT2D eigenvalue weighted by Crippen LogP contribution is 2.39. The van der Waals surface area contributed by atoms with Crippen LogP contribution in [-0.2, 0) is 0 Å². The lowest BCUT2D eigenvalue weighted by atomic mass is 9.93. The summed E-state index contributed by atoms with van der Waals surface area (Å²) in [6.45, 7) is 6.54. The van der Waals surface area contributed by atoms with Gasteiger partial charge >= 0.3 is 0 Å². The average molecular weight is 300 g/mol. The van der Waals surface area contributed by atoms with Gasteiger partial charge in [0, 0.05) is 17.5 Å². The number of halogens is 1. The maximum absolute atomic E-state index is 6.59. The first kappa shape index (κ1) is 13.6. The number of para-hydroxylation sites is 1. The number of nitrogens with zero attached hydrogens (tertiary/aromatic N) is 1. The smallest absolute Gasteiger partial charge is 0.180 e. The summed E-state index contributed by atoms with van der Waals surface area (Å²) in [6.07, 6.45) is 6.47. The van der Waals surface area contributed by atoms with Gasteiger partial charge in [0.2, 0.25) is 0 Å². The average Bonchev–Trinajstić information content (AvgIpc) is 2.80. The van der Waals surface area contributed by atoms with E-state index >= 15 is 0 Å². The van der Waals surface area contributed by atoms with Gasteiger partial charge in [-0.25, -0.2) is 0 Å². The molecule has 0 radical (unpaired) electrons. The van der Waals surface area contributed by atoms with Crippen LogP contribution in [0.25, 0.3) is 10.9 Å². The van der Waals surface area contributed by atoms with Crippen molar-refractivity contribution in [2.45, 2.75) is 25.9 Å². The Morgan fingerprint density at radius 1 is 1.15 bits per heavy atom. The number of allylic oxidation sites excluding steroid dienone is 4. The number of hydrogen-bond donors (Lipinski definition) is 0. The molecule has 1 aromatic carbocycles. The van der Waals surface area contributed by atoms with Crippen LogP contribution in [0.1, 0.15) is 18.4 Å². The molecule has 0 bridgehead atoms. The lowest BCUT2D eigenvalue weighted by molar-refractivity contribution is 1.02. The summed E-state index contributed by atoms with van der Waals surface area (Å²) < 4.78 is 0. The molecule has 0 saturated carbocycles. The van der Waals surface area contributed by atoms with Crippen molar-refractivity contribution in [2.75, 3.05) is 0 Å². The Kier molecular flexibility index (Phi) is 3.31. The molecule has 0 saturated heterocycles. The van der Waals surface area contributed by atoms with Gasteiger partial charge in [0.25, 0.3) is 0 Å². The van der Waals surface area contributed by atoms with E-state index in [4.69, 9.17) is 11.1 Å². The van der Waals surface area contributed by atoms with Crippen LogP contribution in [-0.4, -0.2) is 12.4 Å². The zero-order chi connectivity index (χ0) is 14.3. The van der Waals surface area contributed by atoms with Crippen molar-refractivity contribution < 1.29 is 0 Å². The highest BCUT2D eigenvalue weighted by Gasteiger charge is 2.29. The summed E-state index contributed by atoms with van der Waals surface area (Å²) in [5, 5.41) is 2.52. The fraction of sp³-hybridized carbons (Fsp3) is 0.235. The van der Waals surface area contributed by atoms with Crippen LogP contribution >= 0.6 is 11.1 Å². The van der Waals surface area contributed by atoms with Crippen LogP contribution < -0.4 is 0 Å². The number of aromatic nitrogens is 1. The van der Waals surface area contributed by atoms with E-state index < -0.39 is 7.38 Å². The fourth-order valence-corrected chi connectivity index (χ4v) is 4.26. The highest BCUT2D eigenvalue weighted by atomic mass is 35.6. The quantitative estimate of drug-likeness (QED) is 0.549. The first-order chi connectivity index (χ1) is 9.47. The summed E-state index contributed by atoms with van der Waals surface area (Å²) in [4.78, 5) is 4.57. The lowest BCUT2D eigenvalue weighted by Gasteiger charge is -2.14. The van der Waals surface area contributed by atoms with Crippen molar-refractivity contribution in [1.29, 1.82) is 0 Å². The van der Waals surface area contributed by atoms with Crippen LogP contribution in [0.2, 0.25) is 13.1 Å². The molecule has 1 aromatic heterocycles. The second kappa shape index (κ2) is 4.87. The predicted molar refractivity (Wildman–Crippen MR) is 89.7 cm³/mol. The van der Waals surface area contributed by atoms with E-state index in [1.807, 2.05) is 12.3 Å². The van der Waals surface area contributed by atoms with Gasteiger partial charge in [0.15, 0.2) is 7.38 Å². The molecule has 102 valence electrons. The Balaban J connectivity index is 2.14. The molecule has 2 aromatic rings. The largest absolute Gasteiger partial charge is 0.256 e. The van der Waals surface area contributed by atoms with Gasteiger partial charge in [-0.3, -0.25) is 4.98 Å². The summed E-state index contributed by atoms with van der Waals surface area (Å²) in [7, 11) is -1.77. The molecule has 1 unspecified atom stereocenters. The topological polar surface area (TPSA) is 12.9 Å². The molecule has 3 heteroatoms. The molecular weight excluding hydrogens is 282 g/mol. The van der Waals surface area contributed by atoms with Gasteiger partial charge in [-0.05, 0) is 23.7 Å². The van der Waals surface area contributed by atoms with E-state index in [0.29, 0.717) is 5.92 Å². The number of pyridine rings is 1. The predicted octanol–water partition coefficient (Wildman–Crippen LogP) is 5.19. The van der Waals surface area contributed by atoms with Crippen molar-refractivity contribution in [3.8, 4) is 0 Å². The zero-order valence-corrected chi connectivity index (χ0v) is 13.8. The molecule has 0 fully saturated rings. The van der Waals surface area contributed by atoms with Crippen LogP contribution in [0.3, 0.4) is 0 Å². The number of fused-ring (bicyclic) bond motifs is 1. The molecule has 0 amide bonds. The maximum atomic E-state index is 6.59. The number of hydrogen-bond acceptors (Lipinski definition) is 1. The second-order valence-electron chi connectivity index (χ2n) is 5.88. The molecule has 1 atom stereocenters. The Morgan fingerprint density at radius 3 is 2.60 bits per heavy atom. The standard InChI is InChI=1S/C17H18ClNSi/c1-12-10-14(20(2,3)18)11-16(12)15-8-4-6-13-7-5-9-19-17(13)15/h4-11,16H,1-3H3. The van der Waals surface area contributed by atoms with Crippen LogP contribution in [0.5, 0.6) is 0 Å². The van der Waals surface area contributed by atoms with E-state index in [0.717, 1.165) is 5.52 Å². The van der Waals surface area contributed by atoms with Crippen LogP contribution in [0.4, 0.5) is 0 Å². The van der Waals surface area contributed by atoms with Crippen molar-refractivity contribution in [2.24, 2.45) is 0 Å². The Labute approximate surface area is 125 Å². The summed E-state index contributed by atoms with van der Waals surface area (Å²) >= 11 is 6.59. The maximum Gasteiger partial charge on any atom is 0.180 e. The normalized spacial score (nSPS) is 19.1. The third kappa shape index (κ3) is 2.34. The van der Waals surface area contributed by atoms with Gasteiger partial charge in [0.1, 0.15) is 0 Å². The number of rotatable bonds is 2. The van der Waals surface area contributed by atoms with E-state index in [2.05, 4.69) is 61.4 Å². The Hall–Kier alpha value is -1.38. The van der Waals surface area contributed by atoms with Gasteiger partial charge in [-0.1, -0.05) is 55.1 Å². The van der Waals surface area contributed by atoms with E-state index in [9.17, 15) is 0 Å². The van der Waals surface area contributed by atoms with Gasteiger partial charge in [0.05, 0.1) is 5.52 Å². The van der Waals surface area contributed by atoms with E-state index in [-0.39, 0.29) is 0 Å². The van der Waals surface area contributed by atoms with Gasteiger partial charge < -0.3 is 0 Å². The molecule has 0 spiro atoms. The summed E-state index contributed by atoms with van der Waals surface area (Å²) in [5.41, 5.74) is 3.74. The molecule has 1 heterocycles. The third-order valence-electron chi connectivity index (χ3n) is 3.91. The minimum absolute atomic E-state index is 0.314. The van der Waals surface area contributed by atoms with Crippen molar-refractivity contribution in [3.63, 3.8) is 0 Å². The molecule has 20 heavy (non-hydrogen) atoms. The first-order valence-electron chi connectivity index (χ1n) is 6.90. The van der Waals surface area contributed by atoms with E-state index in [1.165, 1.54) is 21.7 Å². The third-order valence-corrected chi connectivity index (χ3v) is 6.24. The van der Waals surface area contributed by atoms with Crippen molar-refractivity contribution >= 4 is 29.4 Å². The highest BCUT2D eigenvalue weighted by molar-refractivity contribution is 7.23. The molecule has 3 rings (SSSR count). The monoisotopic (exact) mass is 299 g/mol. The minimum Gasteiger partial charge on any atom is -0.256 e. The molecule has 1 nitrogen and oxygen atoms in total. The van der Waals surface area contributed by atoms with Crippen molar-refractivity contribution in [1.82, 2.24) is 4.98 Å². The lowest BCUT2D eigenvalue weighted by Crippen LogP contribution is -2.18. The summed E-state index contributed by atoms with van der Waals surface area (Å²) in [5.74, 6) is 0.314. The van der Waals surface area contributed by atoms with Gasteiger partial charge in [-0.2, -0.15) is 11.1 Å². The minimum atomic E-state index is -1.77. The first-order valence-corrected chi connectivity index (χ1v) is 10.9. The molecule has 0 aliphatic heterocycles. The van der Waals surface area contributed by atoms with Crippen molar-refractivity contribution in [3.05, 3.63) is 65.0 Å². The molecule has 1 aliphatic carbocycles. The van der Waals surface area contributed by atoms with Crippen LogP contribution in [0, 0.1) is 0 Å². The van der Waals surface area contributed by atoms with Gasteiger partial charge in [-0.15, -0.1) is 0 Å². The Morgan fingerprint density at radius 2 is 1.90 bits per heavy atom. The second-order valence-corrected chi connectivity index (χ2v) is 12.2. The fourth-order valence-electron chi connectivity index (χ4n) is 2.78. The molecule has 1 aliphatic rings. The number of benzene rings is 1. The van der Waals surface area contributed by atoms with Crippen LogP contribution in [0.15, 0.2) is 59.5 Å². The Bertz CT molecular complexity index is 720. The molecular formula is C17H18ClNSi. The molecule has 0 N–H and O–H groups in total. The summed E-state index contributed by atoms with van der Waals surface area (Å²) in [6, 6.07) is 10.5. The zero-order valence-electron chi connectivity index (χ0n) is 12.0. The SMILES string of the molecule is CC1=CC([Si](C)(C)Cl)=CC1c1cccc2cccnc12. The van der Waals surface area contributed by atoms with E-state index in [1.54, 1.807) is 0 Å².